The zero-order chi connectivity index (χ0) is 20.4. The summed E-state index contributed by atoms with van der Waals surface area (Å²) in [6.07, 6.45) is 0. The van der Waals surface area contributed by atoms with Crippen molar-refractivity contribution in [2.45, 2.75) is 12.6 Å². The van der Waals surface area contributed by atoms with Gasteiger partial charge in [0.05, 0.1) is 24.4 Å². The van der Waals surface area contributed by atoms with Gasteiger partial charge < -0.3 is 10.5 Å². The summed E-state index contributed by atoms with van der Waals surface area (Å²) in [6, 6.07) is 24.1. The predicted octanol–water partition coefficient (Wildman–Crippen LogP) is 3.88. The Labute approximate surface area is 169 Å². The van der Waals surface area contributed by atoms with Gasteiger partial charge in [0.15, 0.2) is 0 Å². The van der Waals surface area contributed by atoms with E-state index in [1.54, 1.807) is 12.1 Å². The fraction of sp³-hybridized carbons (Fsp3) is 0.130. The molecule has 0 aromatic heterocycles. The van der Waals surface area contributed by atoms with Gasteiger partial charge in [-0.2, -0.15) is 5.01 Å². The molecule has 4 rings (SSSR count). The highest BCUT2D eigenvalue weighted by atomic mass is 16.5. The lowest BCUT2D eigenvalue weighted by Gasteiger charge is -2.32. The molecule has 6 heteroatoms. The summed E-state index contributed by atoms with van der Waals surface area (Å²) < 4.78 is 4.95. The van der Waals surface area contributed by atoms with Crippen LogP contribution >= 0.6 is 0 Å². The lowest BCUT2D eigenvalue weighted by atomic mass is 9.96. The minimum atomic E-state index is -0.656. The van der Waals surface area contributed by atoms with E-state index in [9.17, 15) is 9.59 Å². The van der Waals surface area contributed by atoms with Crippen molar-refractivity contribution in [3.05, 3.63) is 101 Å². The fourth-order valence-corrected chi connectivity index (χ4v) is 3.85. The van der Waals surface area contributed by atoms with Crippen molar-refractivity contribution in [3.63, 3.8) is 0 Å². The zero-order valence-corrected chi connectivity index (χ0v) is 16.0. The maximum absolute atomic E-state index is 12.6. The van der Waals surface area contributed by atoms with Crippen LogP contribution in [0, 0.1) is 0 Å². The van der Waals surface area contributed by atoms with Gasteiger partial charge in [0, 0.05) is 12.1 Å². The van der Waals surface area contributed by atoms with Gasteiger partial charge in [-0.3, -0.25) is 0 Å². The van der Waals surface area contributed by atoms with Gasteiger partial charge in [0.2, 0.25) is 0 Å². The van der Waals surface area contributed by atoms with Crippen LogP contribution in [-0.4, -0.2) is 24.1 Å². The molecule has 0 radical (unpaired) electrons. The monoisotopic (exact) mass is 387 g/mol. The van der Waals surface area contributed by atoms with Gasteiger partial charge in [-0.25, -0.2) is 14.6 Å². The molecule has 0 aliphatic carbocycles. The van der Waals surface area contributed by atoms with Crippen LogP contribution in [0.5, 0.6) is 0 Å². The highest BCUT2D eigenvalue weighted by molar-refractivity contribution is 6.03. The summed E-state index contributed by atoms with van der Waals surface area (Å²) in [7, 11) is 1.32. The number of carbonyl (C=O) groups is 2. The Kier molecular flexibility index (Phi) is 5.01. The molecule has 2 amide bonds. The third kappa shape index (κ3) is 3.34. The Morgan fingerprint density at radius 2 is 1.59 bits per heavy atom. The molecular formula is C23H21N3O3. The summed E-state index contributed by atoms with van der Waals surface area (Å²) >= 11 is 0. The van der Waals surface area contributed by atoms with E-state index in [1.165, 1.54) is 12.1 Å². The van der Waals surface area contributed by atoms with E-state index in [0.29, 0.717) is 17.8 Å². The molecule has 29 heavy (non-hydrogen) atoms. The van der Waals surface area contributed by atoms with Gasteiger partial charge in [0.25, 0.3) is 0 Å². The van der Waals surface area contributed by atoms with E-state index in [-0.39, 0.29) is 6.04 Å². The number of nitrogens with zero attached hydrogens (tertiary/aromatic N) is 2. The molecule has 146 valence electrons. The maximum atomic E-state index is 12.6. The summed E-state index contributed by atoms with van der Waals surface area (Å²) in [6.45, 7) is 0.443. The molecule has 0 fully saturated rings. The highest BCUT2D eigenvalue weighted by Gasteiger charge is 2.42. The van der Waals surface area contributed by atoms with Crippen molar-refractivity contribution in [3.8, 4) is 0 Å². The van der Waals surface area contributed by atoms with Crippen LogP contribution in [0.15, 0.2) is 78.9 Å². The fourth-order valence-electron chi connectivity index (χ4n) is 3.85. The number of carbonyl (C=O) groups excluding carboxylic acids is 2. The first-order valence-corrected chi connectivity index (χ1v) is 9.28. The van der Waals surface area contributed by atoms with Crippen molar-refractivity contribution in [1.29, 1.82) is 0 Å². The van der Waals surface area contributed by atoms with E-state index < -0.39 is 12.0 Å². The minimum absolute atomic E-state index is 0.275. The molecule has 1 heterocycles. The Hall–Kier alpha value is -3.64. The third-order valence-corrected chi connectivity index (χ3v) is 5.05. The first-order chi connectivity index (χ1) is 14.1. The number of hydrogen-bond donors (Lipinski definition) is 1. The summed E-state index contributed by atoms with van der Waals surface area (Å²) in [5.41, 5.74) is 9.42. The van der Waals surface area contributed by atoms with Gasteiger partial charge in [-0.05, 0) is 17.2 Å². The molecular weight excluding hydrogens is 366 g/mol. The van der Waals surface area contributed by atoms with E-state index in [1.807, 2.05) is 71.7 Å². The number of ether oxygens (including phenoxy) is 1. The number of para-hydroxylation sites is 1. The van der Waals surface area contributed by atoms with Crippen molar-refractivity contribution >= 4 is 17.7 Å². The van der Waals surface area contributed by atoms with Crippen molar-refractivity contribution in [2.75, 3.05) is 12.1 Å². The van der Waals surface area contributed by atoms with Crippen molar-refractivity contribution in [2.24, 2.45) is 5.73 Å². The average molecular weight is 387 g/mol. The molecule has 0 bridgehead atoms. The standard InChI is InChI=1S/C23H21N3O3/c1-29-22(27)19-14-8-13-18-20(17-11-6-3-7-12-17)25(26(21(18)19)23(24)28)15-16-9-4-2-5-10-16/h2-14,20H,15H2,1H3,(H2,24,28). The number of fused-ring (bicyclic) bond motifs is 1. The molecule has 1 aliphatic rings. The number of esters is 1. The lowest BCUT2D eigenvalue weighted by Crippen LogP contribution is -2.47. The smallest absolute Gasteiger partial charge is 0.340 e. The third-order valence-electron chi connectivity index (χ3n) is 5.05. The van der Waals surface area contributed by atoms with E-state index >= 15 is 0 Å². The van der Waals surface area contributed by atoms with Crippen LogP contribution in [0.1, 0.15) is 33.1 Å². The van der Waals surface area contributed by atoms with Crippen molar-refractivity contribution in [1.82, 2.24) is 5.01 Å². The van der Waals surface area contributed by atoms with Crippen LogP contribution < -0.4 is 10.7 Å². The molecule has 3 aromatic carbocycles. The van der Waals surface area contributed by atoms with Gasteiger partial charge in [-0.15, -0.1) is 0 Å². The second kappa shape index (κ2) is 7.77. The lowest BCUT2D eigenvalue weighted by molar-refractivity contribution is 0.0601. The maximum Gasteiger partial charge on any atom is 0.340 e. The number of primary amides is 1. The second-order valence-corrected chi connectivity index (χ2v) is 6.78. The molecule has 6 nitrogen and oxygen atoms in total. The number of methoxy groups -OCH3 is 1. The van der Waals surface area contributed by atoms with Crippen LogP contribution in [0.3, 0.4) is 0 Å². The number of anilines is 1. The van der Waals surface area contributed by atoms with Gasteiger partial charge in [0.1, 0.15) is 0 Å². The molecule has 0 spiro atoms. The second-order valence-electron chi connectivity index (χ2n) is 6.78. The average Bonchev–Trinajstić information content (AvgIpc) is 3.08. The molecule has 2 N–H and O–H groups in total. The Balaban J connectivity index is 1.92. The predicted molar refractivity (Wildman–Crippen MR) is 110 cm³/mol. The number of benzene rings is 3. The van der Waals surface area contributed by atoms with E-state index in [4.69, 9.17) is 10.5 Å². The Bertz CT molecular complexity index is 1040. The minimum Gasteiger partial charge on any atom is -0.465 e. The molecule has 1 aliphatic heterocycles. The largest absolute Gasteiger partial charge is 0.465 e. The van der Waals surface area contributed by atoms with Crippen LogP contribution in [-0.2, 0) is 11.3 Å². The molecule has 1 atom stereocenters. The molecule has 3 aromatic rings. The van der Waals surface area contributed by atoms with Crippen LogP contribution in [0.25, 0.3) is 0 Å². The first kappa shape index (κ1) is 18.7. The molecule has 0 saturated carbocycles. The van der Waals surface area contributed by atoms with Gasteiger partial charge in [-0.1, -0.05) is 72.8 Å². The zero-order valence-electron chi connectivity index (χ0n) is 16.0. The Morgan fingerprint density at radius 1 is 0.931 bits per heavy atom. The first-order valence-electron chi connectivity index (χ1n) is 9.28. The van der Waals surface area contributed by atoms with E-state index in [0.717, 1.165) is 16.7 Å². The van der Waals surface area contributed by atoms with Crippen molar-refractivity contribution < 1.29 is 14.3 Å². The van der Waals surface area contributed by atoms with E-state index in [2.05, 4.69) is 0 Å². The van der Waals surface area contributed by atoms with Crippen LogP contribution in [0.2, 0.25) is 0 Å². The number of rotatable bonds is 4. The Morgan fingerprint density at radius 3 is 2.21 bits per heavy atom. The quantitative estimate of drug-likeness (QED) is 0.690. The number of urea groups is 1. The number of amides is 2. The normalized spacial score (nSPS) is 15.8. The number of nitrogens with two attached hydrogens (primary N) is 1. The topological polar surface area (TPSA) is 75.9 Å². The SMILES string of the molecule is COC(=O)c1cccc2c1N(C(N)=O)N(Cc1ccccc1)C2c1ccccc1. The number of hydrogen-bond acceptors (Lipinski definition) is 4. The molecule has 0 saturated heterocycles. The summed E-state index contributed by atoms with van der Waals surface area (Å²) in [5, 5.41) is 3.29. The number of hydrazine groups is 1. The summed E-state index contributed by atoms with van der Waals surface area (Å²) in [4.78, 5) is 25.0. The highest BCUT2D eigenvalue weighted by Crippen LogP contribution is 2.46. The summed E-state index contributed by atoms with van der Waals surface area (Å²) in [5.74, 6) is -0.513. The molecule has 1 unspecified atom stereocenters. The van der Waals surface area contributed by atoms with Crippen LogP contribution in [0.4, 0.5) is 10.5 Å². The van der Waals surface area contributed by atoms with Gasteiger partial charge >= 0.3 is 12.0 Å².